The molecule has 3 amide bonds. The number of hydrogen-bond donors (Lipinski definition) is 2. The molecule has 0 bridgehead atoms. The lowest BCUT2D eigenvalue weighted by atomic mass is 10.0. The molecule has 0 aromatic heterocycles. The molecule has 2 N–H and O–H groups in total. The Morgan fingerprint density at radius 3 is 2.52 bits per heavy atom. The average Bonchev–Trinajstić information content (AvgIpc) is 2.69. The van der Waals surface area contributed by atoms with Crippen molar-refractivity contribution in [3.8, 4) is 11.5 Å². The lowest BCUT2D eigenvalue weighted by Crippen LogP contribution is -2.54. The zero-order valence-electron chi connectivity index (χ0n) is 17.8. The Bertz CT molecular complexity index is 968. The summed E-state index contributed by atoms with van der Waals surface area (Å²) in [6, 6.07) is 13.4. The van der Waals surface area contributed by atoms with Gasteiger partial charge in [-0.2, -0.15) is 4.90 Å². The molecule has 1 saturated heterocycles. The Morgan fingerprint density at radius 1 is 1.16 bits per heavy atom. The third-order valence-corrected chi connectivity index (χ3v) is 4.54. The number of carbonyl (C=O) groups excluding carboxylic acids is 3. The molecule has 2 aromatic rings. The van der Waals surface area contributed by atoms with E-state index in [0.717, 1.165) is 5.56 Å². The number of hydrogen-bond acceptors (Lipinski definition) is 7. The number of rotatable bonds is 5. The normalized spacial score (nSPS) is 16.7. The van der Waals surface area contributed by atoms with Crippen molar-refractivity contribution < 1.29 is 29.0 Å². The molecule has 3 rings (SSSR count). The minimum absolute atomic E-state index is 0.00167. The van der Waals surface area contributed by atoms with Crippen LogP contribution in [-0.2, 0) is 20.9 Å². The topological polar surface area (TPSA) is 105 Å². The Hall–Kier alpha value is -3.55. The highest BCUT2D eigenvalue weighted by Gasteiger charge is 2.40. The van der Waals surface area contributed by atoms with E-state index in [-0.39, 0.29) is 18.6 Å². The van der Waals surface area contributed by atoms with E-state index < -0.39 is 29.6 Å². The third kappa shape index (κ3) is 5.75. The molecule has 8 nitrogen and oxygen atoms in total. The molecule has 0 spiro atoms. The molecular formula is C23H26N2O6. The summed E-state index contributed by atoms with van der Waals surface area (Å²) in [7, 11) is 0. The predicted octanol–water partition coefficient (Wildman–Crippen LogP) is 3.84. The van der Waals surface area contributed by atoms with Gasteiger partial charge in [-0.25, -0.2) is 4.79 Å². The number of phenols is 1. The molecule has 31 heavy (non-hydrogen) atoms. The van der Waals surface area contributed by atoms with Crippen molar-refractivity contribution in [3.05, 3.63) is 54.1 Å². The first-order valence-corrected chi connectivity index (χ1v) is 10.00. The number of benzene rings is 2. The van der Waals surface area contributed by atoms with Crippen LogP contribution in [0.25, 0.3) is 0 Å². The molecule has 0 aliphatic carbocycles. The number of likely N-dealkylation sites (tertiary alicyclic amines) is 1. The Morgan fingerprint density at radius 2 is 1.87 bits per heavy atom. The summed E-state index contributed by atoms with van der Waals surface area (Å²) in [5.74, 6) is -0.966. The molecule has 1 heterocycles. The lowest BCUT2D eigenvalue weighted by Gasteiger charge is -2.31. The van der Waals surface area contributed by atoms with E-state index in [1.54, 1.807) is 32.9 Å². The first kappa shape index (κ1) is 22.1. The maximum Gasteiger partial charge on any atom is 0.424 e. The van der Waals surface area contributed by atoms with Crippen molar-refractivity contribution >= 4 is 23.6 Å². The molecule has 164 valence electrons. The van der Waals surface area contributed by atoms with E-state index in [4.69, 9.17) is 9.47 Å². The van der Waals surface area contributed by atoms with Gasteiger partial charge in [0, 0.05) is 12.5 Å². The summed E-state index contributed by atoms with van der Waals surface area (Å²) in [5.41, 5.74) is 0.444. The van der Waals surface area contributed by atoms with Crippen LogP contribution >= 0.6 is 0 Å². The maximum atomic E-state index is 12.7. The molecule has 0 saturated carbocycles. The highest BCUT2D eigenvalue weighted by molar-refractivity contribution is 6.12. The fourth-order valence-corrected chi connectivity index (χ4v) is 3.07. The number of phenolic OH excluding ortho intramolecular Hbond substituents is 1. The number of amides is 3. The number of anilines is 1. The van der Waals surface area contributed by atoms with Crippen molar-refractivity contribution in [2.75, 3.05) is 5.32 Å². The van der Waals surface area contributed by atoms with Gasteiger partial charge in [0.15, 0.2) is 0 Å². The van der Waals surface area contributed by atoms with Gasteiger partial charge in [0.05, 0.1) is 5.69 Å². The quantitative estimate of drug-likeness (QED) is 0.553. The molecule has 1 aliphatic rings. The van der Waals surface area contributed by atoms with Gasteiger partial charge < -0.3 is 19.9 Å². The number of nitrogens with zero attached hydrogens (tertiary/aromatic N) is 1. The monoisotopic (exact) mass is 426 g/mol. The van der Waals surface area contributed by atoms with Crippen LogP contribution < -0.4 is 10.1 Å². The second-order valence-corrected chi connectivity index (χ2v) is 8.24. The number of ether oxygens (including phenoxy) is 2. The molecule has 1 unspecified atom stereocenters. The number of imide groups is 3. The van der Waals surface area contributed by atoms with Gasteiger partial charge in [0.25, 0.3) is 5.91 Å². The molecule has 1 atom stereocenters. The fraction of sp³-hybridized carbons (Fsp3) is 0.348. The van der Waals surface area contributed by atoms with Crippen LogP contribution in [0.15, 0.2) is 48.5 Å². The summed E-state index contributed by atoms with van der Waals surface area (Å²) >= 11 is 0. The van der Waals surface area contributed by atoms with Gasteiger partial charge in [-0.15, -0.1) is 0 Å². The maximum absolute atomic E-state index is 12.7. The largest absolute Gasteiger partial charge is 0.506 e. The van der Waals surface area contributed by atoms with Crippen LogP contribution in [0.5, 0.6) is 11.5 Å². The van der Waals surface area contributed by atoms with Gasteiger partial charge in [-0.3, -0.25) is 9.59 Å². The molecule has 0 radical (unpaired) electrons. The number of carbonyl (C=O) groups is 3. The van der Waals surface area contributed by atoms with Crippen LogP contribution in [0, 0.1) is 0 Å². The van der Waals surface area contributed by atoms with E-state index in [1.165, 1.54) is 6.07 Å². The first-order chi connectivity index (χ1) is 14.6. The second-order valence-electron chi connectivity index (χ2n) is 8.24. The van der Waals surface area contributed by atoms with E-state index in [2.05, 4.69) is 5.32 Å². The van der Waals surface area contributed by atoms with Crippen molar-refractivity contribution in [3.63, 3.8) is 0 Å². The molecule has 1 fully saturated rings. The van der Waals surface area contributed by atoms with Crippen molar-refractivity contribution in [1.29, 1.82) is 0 Å². The van der Waals surface area contributed by atoms with Crippen molar-refractivity contribution in [2.24, 2.45) is 0 Å². The highest BCUT2D eigenvalue weighted by atomic mass is 16.6. The Kier molecular flexibility index (Phi) is 6.48. The molecule has 1 aliphatic heterocycles. The number of nitrogens with one attached hydrogen (secondary N) is 1. The minimum Gasteiger partial charge on any atom is -0.506 e. The zero-order valence-corrected chi connectivity index (χ0v) is 17.8. The first-order valence-electron chi connectivity index (χ1n) is 10.00. The molecule has 2 aromatic carbocycles. The smallest absolute Gasteiger partial charge is 0.424 e. The lowest BCUT2D eigenvalue weighted by molar-refractivity contribution is -0.147. The van der Waals surface area contributed by atoms with Gasteiger partial charge in [-0.05, 0) is 44.9 Å². The third-order valence-electron chi connectivity index (χ3n) is 4.54. The summed E-state index contributed by atoms with van der Waals surface area (Å²) in [6.07, 6.45) is -0.799. The Labute approximate surface area is 180 Å². The standard InChI is InChI=1S/C23H26N2O6/c1-23(2,3)31-22(29)25-20(27)12-11-18(21(25)28)24-17-10-9-16(13-19(17)26)30-14-15-7-5-4-6-8-15/h4-10,13,18,24,26H,11-12,14H2,1-3H3. The van der Waals surface area contributed by atoms with Crippen molar-refractivity contribution in [2.45, 2.75) is 51.9 Å². The zero-order chi connectivity index (χ0) is 22.6. The van der Waals surface area contributed by atoms with Crippen LogP contribution in [-0.4, -0.2) is 39.6 Å². The second kappa shape index (κ2) is 9.07. The minimum atomic E-state index is -0.997. The van der Waals surface area contributed by atoms with Crippen LogP contribution in [0.3, 0.4) is 0 Å². The molecular weight excluding hydrogens is 400 g/mol. The van der Waals surface area contributed by atoms with Crippen molar-refractivity contribution in [1.82, 2.24) is 4.90 Å². The van der Waals surface area contributed by atoms with Gasteiger partial charge in [0.2, 0.25) is 5.91 Å². The number of piperidine rings is 1. The van der Waals surface area contributed by atoms with E-state index in [1.807, 2.05) is 30.3 Å². The van der Waals surface area contributed by atoms with E-state index in [0.29, 0.717) is 22.9 Å². The average molecular weight is 426 g/mol. The SMILES string of the molecule is CC(C)(C)OC(=O)N1C(=O)CCC(Nc2ccc(OCc3ccccc3)cc2O)C1=O. The fourth-order valence-electron chi connectivity index (χ4n) is 3.07. The Balaban J connectivity index is 1.66. The summed E-state index contributed by atoms with van der Waals surface area (Å²) in [6.45, 7) is 5.30. The van der Waals surface area contributed by atoms with Crippen LogP contribution in [0.4, 0.5) is 10.5 Å². The summed E-state index contributed by atoms with van der Waals surface area (Å²) < 4.78 is 10.9. The van der Waals surface area contributed by atoms with Gasteiger partial charge >= 0.3 is 6.09 Å². The molecule has 8 heteroatoms. The van der Waals surface area contributed by atoms with Crippen LogP contribution in [0.1, 0.15) is 39.2 Å². The highest BCUT2D eigenvalue weighted by Crippen LogP contribution is 2.30. The van der Waals surface area contributed by atoms with Gasteiger partial charge in [-0.1, -0.05) is 30.3 Å². The van der Waals surface area contributed by atoms with E-state index in [9.17, 15) is 19.5 Å². The van der Waals surface area contributed by atoms with Crippen LogP contribution in [0.2, 0.25) is 0 Å². The van der Waals surface area contributed by atoms with Gasteiger partial charge in [0.1, 0.15) is 29.7 Å². The van der Waals surface area contributed by atoms with E-state index >= 15 is 0 Å². The summed E-state index contributed by atoms with van der Waals surface area (Å²) in [5, 5.41) is 13.3. The predicted molar refractivity (Wildman–Crippen MR) is 114 cm³/mol. The number of aromatic hydroxyl groups is 1. The summed E-state index contributed by atoms with van der Waals surface area (Å²) in [4.78, 5) is 37.7.